The molecule has 4 nitrogen and oxygen atoms in total. The molecule has 0 bridgehead atoms. The van der Waals surface area contributed by atoms with Gasteiger partial charge in [-0.1, -0.05) is 6.08 Å². The fourth-order valence-electron chi connectivity index (χ4n) is 0.664. The summed E-state index contributed by atoms with van der Waals surface area (Å²) in [6.07, 6.45) is 0.362. The highest BCUT2D eigenvalue weighted by Crippen LogP contribution is 1.92. The predicted octanol–water partition coefficient (Wildman–Crippen LogP) is -0.970. The van der Waals surface area contributed by atoms with Gasteiger partial charge < -0.3 is 15.5 Å². The zero-order valence-electron chi connectivity index (χ0n) is 6.45. The zero-order valence-corrected chi connectivity index (χ0v) is 6.45. The summed E-state index contributed by atoms with van der Waals surface area (Å²) in [7, 11) is 0. The zero-order chi connectivity index (χ0) is 8.85. The third-order valence-corrected chi connectivity index (χ3v) is 1.24. The fraction of sp³-hybridized carbons (Fsp3) is 0.571. The van der Waals surface area contributed by atoms with Crippen molar-refractivity contribution in [3.63, 3.8) is 0 Å². The van der Waals surface area contributed by atoms with Gasteiger partial charge in [0, 0.05) is 6.92 Å². The molecule has 0 aliphatic heterocycles. The number of amides is 1. The molecule has 11 heavy (non-hydrogen) atoms. The van der Waals surface area contributed by atoms with Crippen molar-refractivity contribution in [2.45, 2.75) is 19.1 Å². The maximum Gasteiger partial charge on any atom is 0.217 e. The SMILES string of the molecule is C=C[C@H](O)[C@@H](CO)NC(C)=O. The summed E-state index contributed by atoms with van der Waals surface area (Å²) in [5.74, 6) is -0.287. The summed E-state index contributed by atoms with van der Waals surface area (Å²) in [5, 5.41) is 20.1. The van der Waals surface area contributed by atoms with Crippen LogP contribution in [0.25, 0.3) is 0 Å². The smallest absolute Gasteiger partial charge is 0.217 e. The summed E-state index contributed by atoms with van der Waals surface area (Å²) >= 11 is 0. The lowest BCUT2D eigenvalue weighted by atomic mass is 10.2. The Bertz CT molecular complexity index is 147. The molecule has 0 saturated heterocycles. The van der Waals surface area contributed by atoms with Crippen molar-refractivity contribution in [1.82, 2.24) is 5.32 Å². The standard InChI is InChI=1S/C7H13NO3/c1-3-7(11)6(4-9)8-5(2)10/h3,6-7,9,11H,1,4H2,2H3,(H,8,10)/t6-,7+/m1/s1. The van der Waals surface area contributed by atoms with Gasteiger partial charge in [0.05, 0.1) is 18.8 Å². The molecule has 0 radical (unpaired) electrons. The minimum absolute atomic E-state index is 0.287. The summed E-state index contributed by atoms with van der Waals surface area (Å²) in [4.78, 5) is 10.5. The van der Waals surface area contributed by atoms with Crippen LogP contribution in [0.1, 0.15) is 6.92 Å². The number of carbonyl (C=O) groups excluding carboxylic acids is 1. The highest BCUT2D eigenvalue weighted by molar-refractivity contribution is 5.73. The Hall–Kier alpha value is -0.870. The van der Waals surface area contributed by atoms with Gasteiger partial charge in [0.2, 0.25) is 5.91 Å². The topological polar surface area (TPSA) is 69.6 Å². The molecule has 0 aromatic rings. The van der Waals surface area contributed by atoms with E-state index in [1.165, 1.54) is 13.0 Å². The molecular weight excluding hydrogens is 146 g/mol. The monoisotopic (exact) mass is 159 g/mol. The van der Waals surface area contributed by atoms with E-state index in [9.17, 15) is 4.79 Å². The number of aliphatic hydroxyl groups excluding tert-OH is 2. The quantitative estimate of drug-likeness (QED) is 0.462. The van der Waals surface area contributed by atoms with Crippen molar-refractivity contribution in [1.29, 1.82) is 0 Å². The van der Waals surface area contributed by atoms with Gasteiger partial charge in [-0.15, -0.1) is 6.58 Å². The van der Waals surface area contributed by atoms with Crippen molar-refractivity contribution in [2.75, 3.05) is 6.61 Å². The molecule has 0 aromatic heterocycles. The van der Waals surface area contributed by atoms with Crippen molar-refractivity contribution in [3.8, 4) is 0 Å². The molecule has 0 fully saturated rings. The van der Waals surface area contributed by atoms with E-state index in [1.54, 1.807) is 0 Å². The molecule has 0 rings (SSSR count). The Labute approximate surface area is 65.5 Å². The summed E-state index contributed by atoms with van der Waals surface area (Å²) in [5.41, 5.74) is 0. The highest BCUT2D eigenvalue weighted by atomic mass is 16.3. The van der Waals surface area contributed by atoms with Crippen LogP contribution < -0.4 is 5.32 Å². The Morgan fingerprint density at radius 3 is 2.64 bits per heavy atom. The molecule has 0 heterocycles. The number of rotatable bonds is 4. The Morgan fingerprint density at radius 1 is 1.82 bits per heavy atom. The van der Waals surface area contributed by atoms with E-state index in [-0.39, 0.29) is 12.5 Å². The lowest BCUT2D eigenvalue weighted by molar-refractivity contribution is -0.120. The summed E-state index contributed by atoms with van der Waals surface area (Å²) < 4.78 is 0. The van der Waals surface area contributed by atoms with Gasteiger partial charge in [-0.3, -0.25) is 4.79 Å². The first-order chi connectivity index (χ1) is 5.11. The van der Waals surface area contributed by atoms with Crippen LogP contribution >= 0.6 is 0 Å². The number of aliphatic hydroxyl groups is 2. The van der Waals surface area contributed by atoms with E-state index in [4.69, 9.17) is 10.2 Å². The molecule has 3 N–H and O–H groups in total. The predicted molar refractivity (Wildman–Crippen MR) is 40.9 cm³/mol. The van der Waals surface area contributed by atoms with Gasteiger partial charge >= 0.3 is 0 Å². The normalized spacial score (nSPS) is 15.2. The Kier molecular flexibility index (Phi) is 4.49. The second-order valence-corrected chi connectivity index (χ2v) is 2.22. The average Bonchev–Trinajstić information content (AvgIpc) is 1.98. The van der Waals surface area contributed by atoms with E-state index in [0.717, 1.165) is 0 Å². The minimum atomic E-state index is -0.899. The molecule has 2 atom stereocenters. The largest absolute Gasteiger partial charge is 0.394 e. The van der Waals surface area contributed by atoms with Crippen LogP contribution in [0.5, 0.6) is 0 Å². The maximum absolute atomic E-state index is 10.5. The number of nitrogens with one attached hydrogen (secondary N) is 1. The Morgan fingerprint density at radius 2 is 2.36 bits per heavy atom. The van der Waals surface area contributed by atoms with Gasteiger partial charge in [0.1, 0.15) is 0 Å². The van der Waals surface area contributed by atoms with E-state index in [1.807, 2.05) is 0 Å². The molecule has 64 valence electrons. The summed E-state index contributed by atoms with van der Waals surface area (Å²) in [6, 6.07) is -0.648. The molecule has 0 aromatic carbocycles. The van der Waals surface area contributed by atoms with Gasteiger partial charge in [-0.05, 0) is 0 Å². The van der Waals surface area contributed by atoms with Crippen molar-refractivity contribution in [3.05, 3.63) is 12.7 Å². The molecule has 0 spiro atoms. The third kappa shape index (κ3) is 3.75. The van der Waals surface area contributed by atoms with Gasteiger partial charge in [0.15, 0.2) is 0 Å². The average molecular weight is 159 g/mol. The first-order valence-electron chi connectivity index (χ1n) is 3.30. The molecule has 0 unspecified atom stereocenters. The first kappa shape index (κ1) is 10.1. The fourth-order valence-corrected chi connectivity index (χ4v) is 0.664. The van der Waals surface area contributed by atoms with Crippen LogP contribution in [0, 0.1) is 0 Å². The van der Waals surface area contributed by atoms with Crippen molar-refractivity contribution < 1.29 is 15.0 Å². The third-order valence-electron chi connectivity index (χ3n) is 1.24. The van der Waals surface area contributed by atoms with Crippen LogP contribution in [-0.2, 0) is 4.79 Å². The van der Waals surface area contributed by atoms with Gasteiger partial charge in [-0.2, -0.15) is 0 Å². The second kappa shape index (κ2) is 4.87. The summed E-state index contributed by atoms with van der Waals surface area (Å²) in [6.45, 7) is 4.34. The molecule has 0 aliphatic carbocycles. The highest BCUT2D eigenvalue weighted by Gasteiger charge is 2.15. The first-order valence-corrected chi connectivity index (χ1v) is 3.30. The number of carbonyl (C=O) groups is 1. The number of hydrogen-bond acceptors (Lipinski definition) is 3. The molecule has 0 aliphatic rings. The van der Waals surface area contributed by atoms with Gasteiger partial charge in [-0.25, -0.2) is 0 Å². The molecule has 0 saturated carbocycles. The molecular formula is C7H13NO3. The van der Waals surface area contributed by atoms with E-state index in [2.05, 4.69) is 11.9 Å². The Balaban J connectivity index is 3.93. The second-order valence-electron chi connectivity index (χ2n) is 2.22. The van der Waals surface area contributed by atoms with Crippen LogP contribution in [0.2, 0.25) is 0 Å². The lowest BCUT2D eigenvalue weighted by Gasteiger charge is -2.17. The van der Waals surface area contributed by atoms with Crippen molar-refractivity contribution in [2.24, 2.45) is 0 Å². The lowest BCUT2D eigenvalue weighted by Crippen LogP contribution is -2.44. The van der Waals surface area contributed by atoms with Crippen LogP contribution in [0.4, 0.5) is 0 Å². The van der Waals surface area contributed by atoms with E-state index >= 15 is 0 Å². The van der Waals surface area contributed by atoms with Gasteiger partial charge in [0.25, 0.3) is 0 Å². The molecule has 4 heteroatoms. The minimum Gasteiger partial charge on any atom is -0.394 e. The number of hydrogen-bond donors (Lipinski definition) is 3. The van der Waals surface area contributed by atoms with E-state index in [0.29, 0.717) is 0 Å². The van der Waals surface area contributed by atoms with Crippen LogP contribution in [0.3, 0.4) is 0 Å². The van der Waals surface area contributed by atoms with Crippen LogP contribution in [0.15, 0.2) is 12.7 Å². The maximum atomic E-state index is 10.5. The van der Waals surface area contributed by atoms with Crippen molar-refractivity contribution >= 4 is 5.91 Å². The van der Waals surface area contributed by atoms with E-state index < -0.39 is 12.1 Å². The molecule has 1 amide bonds. The van der Waals surface area contributed by atoms with Crippen LogP contribution in [-0.4, -0.2) is 34.9 Å².